The quantitative estimate of drug-likeness (QED) is 0.904. The van der Waals surface area contributed by atoms with E-state index in [2.05, 4.69) is 5.32 Å². The minimum atomic E-state index is -1.05. The molecule has 0 bridgehead atoms. The zero-order chi connectivity index (χ0) is 14.2. The number of hydrogen-bond donors (Lipinski definition) is 2. The molecule has 2 aromatic rings. The molecule has 1 amide bonds. The Bertz CT molecular complexity index is 654. The second-order valence-electron chi connectivity index (χ2n) is 4.14. The number of carbonyl (C=O) groups excluding carboxylic acids is 1. The van der Waals surface area contributed by atoms with Gasteiger partial charge in [-0.2, -0.15) is 0 Å². The molecule has 0 aliphatic heterocycles. The van der Waals surface area contributed by atoms with E-state index in [4.69, 9.17) is 9.52 Å². The molecule has 6 heteroatoms. The van der Waals surface area contributed by atoms with E-state index < -0.39 is 5.97 Å². The van der Waals surface area contributed by atoms with E-state index >= 15 is 0 Å². The summed E-state index contributed by atoms with van der Waals surface area (Å²) in [6.45, 7) is 5.29. The molecule has 19 heavy (non-hydrogen) atoms. The molecule has 0 saturated carbocycles. The molecule has 100 valence electrons. The average molecular weight is 279 g/mol. The Hall–Kier alpha value is -2.08. The fourth-order valence-corrected chi connectivity index (χ4v) is 2.57. The Morgan fingerprint density at radius 2 is 1.95 bits per heavy atom. The minimum absolute atomic E-state index is 0.115. The molecule has 0 spiro atoms. The lowest BCUT2D eigenvalue weighted by Gasteiger charge is -2.04. The third-order valence-electron chi connectivity index (χ3n) is 2.90. The largest absolute Gasteiger partial charge is 0.477 e. The van der Waals surface area contributed by atoms with Crippen molar-refractivity contribution in [3.8, 4) is 0 Å². The summed E-state index contributed by atoms with van der Waals surface area (Å²) in [5.74, 6) is -0.194. The topological polar surface area (TPSA) is 79.5 Å². The molecule has 2 heterocycles. The molecule has 0 radical (unpaired) electrons. The number of hydrogen-bond acceptors (Lipinski definition) is 4. The van der Waals surface area contributed by atoms with Crippen LogP contribution in [0.25, 0.3) is 0 Å². The van der Waals surface area contributed by atoms with Crippen LogP contribution in [0.4, 0.5) is 5.69 Å². The number of nitrogens with one attached hydrogen (secondary N) is 1. The van der Waals surface area contributed by atoms with Crippen molar-refractivity contribution < 1.29 is 19.1 Å². The fourth-order valence-electron chi connectivity index (χ4n) is 1.89. The van der Waals surface area contributed by atoms with Gasteiger partial charge in [0.15, 0.2) is 0 Å². The smallest absolute Gasteiger partial charge is 0.348 e. The first-order valence-corrected chi connectivity index (χ1v) is 6.48. The Kier molecular flexibility index (Phi) is 3.44. The highest BCUT2D eigenvalue weighted by Gasteiger charge is 2.21. The van der Waals surface area contributed by atoms with Crippen molar-refractivity contribution in [3.05, 3.63) is 39.0 Å². The van der Waals surface area contributed by atoms with Gasteiger partial charge in [-0.1, -0.05) is 0 Å². The van der Waals surface area contributed by atoms with Crippen LogP contribution in [-0.4, -0.2) is 17.0 Å². The van der Waals surface area contributed by atoms with Crippen LogP contribution in [0, 0.1) is 20.8 Å². The van der Waals surface area contributed by atoms with Crippen LogP contribution in [0.15, 0.2) is 15.9 Å². The summed E-state index contributed by atoms with van der Waals surface area (Å²) in [6.07, 6.45) is 0. The first-order valence-electron chi connectivity index (χ1n) is 5.60. The van der Waals surface area contributed by atoms with Gasteiger partial charge in [0, 0.05) is 5.56 Å². The lowest BCUT2D eigenvalue weighted by Crippen LogP contribution is -2.14. The zero-order valence-electron chi connectivity index (χ0n) is 10.7. The number of carboxylic acids is 1. The molecule has 2 aromatic heterocycles. The lowest BCUT2D eigenvalue weighted by molar-refractivity contribution is 0.0703. The average Bonchev–Trinajstić information content (AvgIpc) is 2.85. The normalized spacial score (nSPS) is 10.5. The van der Waals surface area contributed by atoms with Crippen molar-refractivity contribution in [2.75, 3.05) is 5.32 Å². The summed E-state index contributed by atoms with van der Waals surface area (Å²) < 4.78 is 5.39. The lowest BCUT2D eigenvalue weighted by atomic mass is 10.1. The molecule has 2 rings (SSSR count). The highest BCUT2D eigenvalue weighted by molar-refractivity contribution is 7.12. The molecule has 0 saturated heterocycles. The number of anilines is 1. The van der Waals surface area contributed by atoms with Crippen molar-refractivity contribution >= 4 is 28.9 Å². The van der Waals surface area contributed by atoms with Gasteiger partial charge < -0.3 is 14.8 Å². The summed E-state index contributed by atoms with van der Waals surface area (Å²) in [5, 5.41) is 13.2. The molecular formula is C13H13NO4S. The number of rotatable bonds is 3. The molecule has 0 aliphatic carbocycles. The van der Waals surface area contributed by atoms with Crippen LogP contribution in [0.1, 0.15) is 37.1 Å². The van der Waals surface area contributed by atoms with E-state index in [9.17, 15) is 9.59 Å². The SMILES string of the molecule is Cc1oc(C)c(C(=O)Nc2ccsc2C(=O)O)c1C. The Labute approximate surface area is 113 Å². The summed E-state index contributed by atoms with van der Waals surface area (Å²) in [6, 6.07) is 1.57. The summed E-state index contributed by atoms with van der Waals surface area (Å²) in [4.78, 5) is 23.3. The minimum Gasteiger partial charge on any atom is -0.477 e. The number of carbonyl (C=O) groups is 2. The summed E-state index contributed by atoms with van der Waals surface area (Å²) in [5.41, 5.74) is 1.53. The summed E-state index contributed by atoms with van der Waals surface area (Å²) in [7, 11) is 0. The predicted octanol–water partition coefficient (Wildman–Crippen LogP) is 3.22. The van der Waals surface area contributed by atoms with Gasteiger partial charge in [0.05, 0.1) is 11.3 Å². The molecular weight excluding hydrogens is 266 g/mol. The Morgan fingerprint density at radius 3 is 2.47 bits per heavy atom. The van der Waals surface area contributed by atoms with Crippen molar-refractivity contribution in [1.29, 1.82) is 0 Å². The molecule has 5 nitrogen and oxygen atoms in total. The second-order valence-corrected chi connectivity index (χ2v) is 5.05. The van der Waals surface area contributed by atoms with Crippen LogP contribution < -0.4 is 5.32 Å². The highest BCUT2D eigenvalue weighted by Crippen LogP contribution is 2.25. The molecule has 2 N–H and O–H groups in total. The molecule has 0 unspecified atom stereocenters. The van der Waals surface area contributed by atoms with Gasteiger partial charge in [0.25, 0.3) is 5.91 Å². The number of carboxylic acid groups (broad SMARTS) is 1. The van der Waals surface area contributed by atoms with Crippen molar-refractivity contribution in [3.63, 3.8) is 0 Å². The van der Waals surface area contributed by atoms with Gasteiger partial charge in [-0.3, -0.25) is 4.79 Å². The Morgan fingerprint density at radius 1 is 1.26 bits per heavy atom. The molecule has 0 atom stereocenters. The molecule has 0 fully saturated rings. The van der Waals surface area contributed by atoms with E-state index in [1.165, 1.54) is 0 Å². The van der Waals surface area contributed by atoms with Crippen LogP contribution in [0.2, 0.25) is 0 Å². The van der Waals surface area contributed by atoms with Gasteiger partial charge in [0.1, 0.15) is 16.4 Å². The monoisotopic (exact) mass is 279 g/mol. The number of aryl methyl sites for hydroxylation is 2. The van der Waals surface area contributed by atoms with E-state index in [0.717, 1.165) is 16.9 Å². The first-order chi connectivity index (χ1) is 8.91. The van der Waals surface area contributed by atoms with Gasteiger partial charge in [0.2, 0.25) is 0 Å². The van der Waals surface area contributed by atoms with Crippen molar-refractivity contribution in [1.82, 2.24) is 0 Å². The van der Waals surface area contributed by atoms with Crippen LogP contribution >= 0.6 is 11.3 Å². The predicted molar refractivity (Wildman–Crippen MR) is 72.2 cm³/mol. The summed E-state index contributed by atoms with van der Waals surface area (Å²) >= 11 is 1.07. The Balaban J connectivity index is 2.31. The van der Waals surface area contributed by atoms with Gasteiger partial charge in [-0.15, -0.1) is 11.3 Å². The van der Waals surface area contributed by atoms with Gasteiger partial charge in [-0.05, 0) is 32.2 Å². The number of amides is 1. The molecule has 0 aliphatic rings. The zero-order valence-corrected chi connectivity index (χ0v) is 11.6. The maximum atomic E-state index is 12.2. The fraction of sp³-hybridized carbons (Fsp3) is 0.231. The van der Waals surface area contributed by atoms with Gasteiger partial charge >= 0.3 is 5.97 Å². The van der Waals surface area contributed by atoms with Crippen molar-refractivity contribution in [2.24, 2.45) is 0 Å². The van der Waals surface area contributed by atoms with E-state index in [-0.39, 0.29) is 10.8 Å². The second kappa shape index (κ2) is 4.89. The number of furan rings is 1. The van der Waals surface area contributed by atoms with Gasteiger partial charge in [-0.25, -0.2) is 4.79 Å². The molecule has 0 aromatic carbocycles. The van der Waals surface area contributed by atoms with E-state index in [0.29, 0.717) is 22.8 Å². The highest BCUT2D eigenvalue weighted by atomic mass is 32.1. The van der Waals surface area contributed by atoms with E-state index in [1.807, 2.05) is 0 Å². The maximum Gasteiger partial charge on any atom is 0.348 e. The van der Waals surface area contributed by atoms with Crippen molar-refractivity contribution in [2.45, 2.75) is 20.8 Å². The first kappa shape index (κ1) is 13.4. The third kappa shape index (κ3) is 2.39. The van der Waals surface area contributed by atoms with Crippen LogP contribution in [0.3, 0.4) is 0 Å². The standard InChI is InChI=1S/C13H13NO4S/c1-6-7(2)18-8(3)10(6)12(15)14-9-4-5-19-11(9)13(16)17/h4-5H,1-3H3,(H,14,15)(H,16,17). The number of aromatic carboxylic acids is 1. The van der Waals surface area contributed by atoms with E-state index in [1.54, 1.807) is 32.2 Å². The van der Waals surface area contributed by atoms with Crippen LogP contribution in [-0.2, 0) is 0 Å². The number of thiophene rings is 1. The van der Waals surface area contributed by atoms with Crippen LogP contribution in [0.5, 0.6) is 0 Å². The maximum absolute atomic E-state index is 12.2. The third-order valence-corrected chi connectivity index (χ3v) is 3.80.